The number of benzene rings is 2. The minimum atomic E-state index is -0.375. The lowest BCUT2D eigenvalue weighted by molar-refractivity contribution is -0.118. The van der Waals surface area contributed by atoms with Gasteiger partial charge in [0.05, 0.1) is 12.3 Å². The number of carbonyl (C=O) groups excluding carboxylic acids is 2. The Labute approximate surface area is 176 Å². The van der Waals surface area contributed by atoms with Gasteiger partial charge in [-0.1, -0.05) is 54.4 Å². The molecular formula is C25H26N2O3. The molecule has 2 aromatic carbocycles. The fourth-order valence-corrected chi connectivity index (χ4v) is 3.11. The summed E-state index contributed by atoms with van der Waals surface area (Å²) < 4.78 is 5.34. The molecule has 0 bridgehead atoms. The number of aryl methyl sites for hydroxylation is 2. The average Bonchev–Trinajstić information content (AvgIpc) is 3.25. The Bertz CT molecular complexity index is 1030. The standard InChI is InChI=1S/C25H26N2O3/c1-4-22(19-12-10-17(2)11-13-19)26-25(29)23(16-21-9-6-14-30-21)27-24(28)20-8-5-7-18(3)15-20/h5-16,22H,4H2,1-3H3,(H,26,29)(H,27,28)/b23-16-/t22-/m1/s1. The Kier molecular flexibility index (Phi) is 6.86. The number of furan rings is 1. The van der Waals surface area contributed by atoms with Crippen LogP contribution in [0.3, 0.4) is 0 Å². The third-order valence-corrected chi connectivity index (χ3v) is 4.80. The van der Waals surface area contributed by atoms with Crippen molar-refractivity contribution >= 4 is 17.9 Å². The maximum absolute atomic E-state index is 13.1. The second kappa shape index (κ2) is 9.74. The Morgan fingerprint density at radius 1 is 1.00 bits per heavy atom. The summed E-state index contributed by atoms with van der Waals surface area (Å²) in [6.45, 7) is 5.94. The highest BCUT2D eigenvalue weighted by Crippen LogP contribution is 2.18. The summed E-state index contributed by atoms with van der Waals surface area (Å²) in [5.74, 6) is -0.247. The lowest BCUT2D eigenvalue weighted by Crippen LogP contribution is -2.36. The molecule has 5 heteroatoms. The lowest BCUT2D eigenvalue weighted by atomic mass is 10.0. The summed E-state index contributed by atoms with van der Waals surface area (Å²) in [6, 6.07) is 18.5. The molecule has 2 amide bonds. The second-order valence-corrected chi connectivity index (χ2v) is 7.24. The highest BCUT2D eigenvalue weighted by atomic mass is 16.3. The third-order valence-electron chi connectivity index (χ3n) is 4.80. The Morgan fingerprint density at radius 2 is 1.77 bits per heavy atom. The van der Waals surface area contributed by atoms with Gasteiger partial charge in [0.15, 0.2) is 0 Å². The minimum Gasteiger partial charge on any atom is -0.465 e. The number of hydrogen-bond donors (Lipinski definition) is 2. The van der Waals surface area contributed by atoms with Crippen LogP contribution in [-0.4, -0.2) is 11.8 Å². The highest BCUT2D eigenvalue weighted by molar-refractivity contribution is 6.05. The third kappa shape index (κ3) is 5.47. The first-order valence-electron chi connectivity index (χ1n) is 9.97. The van der Waals surface area contributed by atoms with Gasteiger partial charge in [-0.25, -0.2) is 0 Å². The maximum Gasteiger partial charge on any atom is 0.268 e. The summed E-state index contributed by atoms with van der Waals surface area (Å²) in [5.41, 5.74) is 3.75. The van der Waals surface area contributed by atoms with Crippen LogP contribution >= 0.6 is 0 Å². The first-order chi connectivity index (χ1) is 14.5. The van der Waals surface area contributed by atoms with Gasteiger partial charge in [0.2, 0.25) is 0 Å². The van der Waals surface area contributed by atoms with Crippen LogP contribution in [0.15, 0.2) is 77.0 Å². The van der Waals surface area contributed by atoms with Crippen molar-refractivity contribution < 1.29 is 14.0 Å². The monoisotopic (exact) mass is 402 g/mol. The van der Waals surface area contributed by atoms with Gasteiger partial charge in [-0.05, 0) is 50.1 Å². The fraction of sp³-hybridized carbons (Fsp3) is 0.200. The second-order valence-electron chi connectivity index (χ2n) is 7.24. The van der Waals surface area contributed by atoms with E-state index in [-0.39, 0.29) is 23.6 Å². The quantitative estimate of drug-likeness (QED) is 0.550. The summed E-state index contributed by atoms with van der Waals surface area (Å²) in [4.78, 5) is 25.8. The van der Waals surface area contributed by atoms with Crippen molar-refractivity contribution in [2.75, 3.05) is 0 Å². The normalized spacial score (nSPS) is 12.3. The zero-order valence-corrected chi connectivity index (χ0v) is 17.4. The molecule has 0 saturated heterocycles. The van der Waals surface area contributed by atoms with Crippen molar-refractivity contribution in [1.29, 1.82) is 0 Å². The zero-order chi connectivity index (χ0) is 21.5. The molecule has 154 valence electrons. The predicted octanol–water partition coefficient (Wildman–Crippen LogP) is 4.93. The van der Waals surface area contributed by atoms with E-state index in [9.17, 15) is 9.59 Å². The number of amides is 2. The van der Waals surface area contributed by atoms with Crippen molar-refractivity contribution in [2.45, 2.75) is 33.2 Å². The average molecular weight is 402 g/mol. The van der Waals surface area contributed by atoms with Gasteiger partial charge in [-0.3, -0.25) is 9.59 Å². The van der Waals surface area contributed by atoms with Crippen LogP contribution in [0, 0.1) is 13.8 Å². The number of nitrogens with one attached hydrogen (secondary N) is 2. The molecule has 0 aliphatic heterocycles. The largest absolute Gasteiger partial charge is 0.465 e. The predicted molar refractivity (Wildman–Crippen MR) is 118 cm³/mol. The van der Waals surface area contributed by atoms with Crippen LogP contribution in [0.2, 0.25) is 0 Å². The van der Waals surface area contributed by atoms with Crippen LogP contribution in [0.1, 0.15) is 52.2 Å². The van der Waals surface area contributed by atoms with E-state index in [2.05, 4.69) is 10.6 Å². The van der Waals surface area contributed by atoms with E-state index in [1.165, 1.54) is 12.3 Å². The molecule has 30 heavy (non-hydrogen) atoms. The maximum atomic E-state index is 13.1. The van der Waals surface area contributed by atoms with E-state index in [0.29, 0.717) is 17.7 Å². The minimum absolute atomic E-state index is 0.127. The van der Waals surface area contributed by atoms with Gasteiger partial charge in [0.1, 0.15) is 11.5 Å². The number of rotatable bonds is 7. The molecule has 0 unspecified atom stereocenters. The van der Waals surface area contributed by atoms with E-state index in [4.69, 9.17) is 4.42 Å². The lowest BCUT2D eigenvalue weighted by Gasteiger charge is -2.19. The number of hydrogen-bond acceptors (Lipinski definition) is 3. The summed E-state index contributed by atoms with van der Waals surface area (Å²) >= 11 is 0. The van der Waals surface area contributed by atoms with E-state index in [1.54, 1.807) is 24.3 Å². The molecule has 0 fully saturated rings. The zero-order valence-electron chi connectivity index (χ0n) is 17.4. The highest BCUT2D eigenvalue weighted by Gasteiger charge is 2.19. The molecule has 1 heterocycles. The molecule has 0 radical (unpaired) electrons. The van der Waals surface area contributed by atoms with Gasteiger partial charge >= 0.3 is 0 Å². The van der Waals surface area contributed by atoms with Gasteiger partial charge in [-0.15, -0.1) is 0 Å². The molecular weight excluding hydrogens is 376 g/mol. The molecule has 0 aliphatic rings. The van der Waals surface area contributed by atoms with Crippen molar-refractivity contribution in [2.24, 2.45) is 0 Å². The topological polar surface area (TPSA) is 71.3 Å². The van der Waals surface area contributed by atoms with Crippen molar-refractivity contribution in [3.8, 4) is 0 Å². The van der Waals surface area contributed by atoms with Crippen LogP contribution in [-0.2, 0) is 4.79 Å². The van der Waals surface area contributed by atoms with Crippen LogP contribution in [0.4, 0.5) is 0 Å². The summed E-state index contributed by atoms with van der Waals surface area (Å²) in [7, 11) is 0. The Hall–Kier alpha value is -3.60. The molecule has 0 spiro atoms. The van der Waals surface area contributed by atoms with E-state index in [0.717, 1.165) is 16.7 Å². The van der Waals surface area contributed by atoms with E-state index in [1.807, 2.05) is 57.2 Å². The van der Waals surface area contributed by atoms with Crippen molar-refractivity contribution in [3.63, 3.8) is 0 Å². The van der Waals surface area contributed by atoms with Gasteiger partial charge in [0.25, 0.3) is 11.8 Å². The first kappa shape index (κ1) is 21.1. The SMILES string of the molecule is CC[C@@H](NC(=O)/C(=C/c1ccco1)NC(=O)c1cccc(C)c1)c1ccc(C)cc1. The van der Waals surface area contributed by atoms with E-state index >= 15 is 0 Å². The number of carbonyl (C=O) groups is 2. The molecule has 0 aliphatic carbocycles. The van der Waals surface area contributed by atoms with E-state index < -0.39 is 0 Å². The van der Waals surface area contributed by atoms with Gasteiger partial charge < -0.3 is 15.1 Å². The molecule has 1 aromatic heterocycles. The van der Waals surface area contributed by atoms with Crippen molar-refractivity contribution in [1.82, 2.24) is 10.6 Å². The molecule has 1 atom stereocenters. The van der Waals surface area contributed by atoms with Gasteiger partial charge in [0, 0.05) is 11.6 Å². The van der Waals surface area contributed by atoms with Crippen molar-refractivity contribution in [3.05, 3.63) is 101 Å². The summed E-state index contributed by atoms with van der Waals surface area (Å²) in [6.07, 6.45) is 3.77. The molecule has 0 saturated carbocycles. The van der Waals surface area contributed by atoms with Gasteiger partial charge in [-0.2, -0.15) is 0 Å². The van der Waals surface area contributed by atoms with Crippen LogP contribution in [0.5, 0.6) is 0 Å². The summed E-state index contributed by atoms with van der Waals surface area (Å²) in [5, 5.41) is 5.76. The van der Waals surface area contributed by atoms with Crippen LogP contribution < -0.4 is 10.6 Å². The smallest absolute Gasteiger partial charge is 0.268 e. The van der Waals surface area contributed by atoms with Crippen LogP contribution in [0.25, 0.3) is 6.08 Å². The Morgan fingerprint density at radius 3 is 2.40 bits per heavy atom. The molecule has 3 aromatic rings. The molecule has 3 rings (SSSR count). The Balaban J connectivity index is 1.83. The fourth-order valence-electron chi connectivity index (χ4n) is 3.11. The molecule has 5 nitrogen and oxygen atoms in total. The molecule has 2 N–H and O–H groups in total. The first-order valence-corrected chi connectivity index (χ1v) is 9.97.